The number of amides is 3. The van der Waals surface area contributed by atoms with Crippen LogP contribution in [0.5, 0.6) is 0 Å². The fraction of sp³-hybridized carbons (Fsp3) is 0.353. The number of hydrogen-bond donors (Lipinski definition) is 2. The topological polar surface area (TPSA) is 130 Å². The molecule has 0 aliphatic carbocycles. The fourth-order valence-electron chi connectivity index (χ4n) is 7.30. The maximum atomic E-state index is 14.4. The molecule has 0 spiro atoms. The molecule has 1 aliphatic heterocycles. The van der Waals surface area contributed by atoms with Gasteiger partial charge >= 0.3 is 12.2 Å². The summed E-state index contributed by atoms with van der Waals surface area (Å²) in [7, 11) is 2.09. The van der Waals surface area contributed by atoms with Gasteiger partial charge < -0.3 is 19.2 Å². The summed E-state index contributed by atoms with van der Waals surface area (Å²) in [5, 5.41) is 8.52. The second-order valence-electron chi connectivity index (χ2n) is 17.8. The van der Waals surface area contributed by atoms with E-state index in [9.17, 15) is 19.2 Å². The molecule has 2 N–H and O–H groups in total. The van der Waals surface area contributed by atoms with Gasteiger partial charge in [-0.3, -0.25) is 25.3 Å². The summed E-state index contributed by atoms with van der Waals surface area (Å²) in [6.45, 7) is 11.9. The number of rotatable bonds is 10. The fourth-order valence-corrected chi connectivity index (χ4v) is 7.82. The number of aldehydes is 1. The molecule has 0 radical (unpaired) electrons. The predicted molar refractivity (Wildman–Crippen MR) is 257 cm³/mol. The third-order valence-electron chi connectivity index (χ3n) is 10.2. The Morgan fingerprint density at radius 3 is 2.03 bits per heavy atom. The van der Waals surface area contributed by atoms with E-state index in [2.05, 4.69) is 57.9 Å². The summed E-state index contributed by atoms with van der Waals surface area (Å²) in [4.78, 5) is 58.5. The number of guanidine groups is 1. The number of carbonyl (C=O) groups is 4. The zero-order valence-electron chi connectivity index (χ0n) is 37.7. The van der Waals surface area contributed by atoms with Crippen LogP contribution >= 0.6 is 23.2 Å². The second kappa shape index (κ2) is 22.7. The van der Waals surface area contributed by atoms with Crippen molar-refractivity contribution in [3.05, 3.63) is 142 Å². The summed E-state index contributed by atoms with van der Waals surface area (Å²) in [6.07, 6.45) is 1.93. The number of nitrogens with one attached hydrogen (secondary N) is 2. The van der Waals surface area contributed by atoms with Crippen LogP contribution in [0.1, 0.15) is 75.9 Å². The van der Waals surface area contributed by atoms with Crippen molar-refractivity contribution in [2.45, 2.75) is 90.5 Å². The van der Waals surface area contributed by atoms with E-state index in [1.165, 1.54) is 16.3 Å². The predicted octanol–water partition coefficient (Wildman–Crippen LogP) is 10.8. The number of likely N-dealkylation sites (N-methyl/N-ethyl adjacent to an activating group) is 1. The van der Waals surface area contributed by atoms with Crippen molar-refractivity contribution in [2.75, 3.05) is 26.7 Å². The Hall–Kier alpha value is -5.75. The maximum absolute atomic E-state index is 14.4. The number of carbonyl (C=O) groups excluding carboxylic acids is 4. The van der Waals surface area contributed by atoms with Gasteiger partial charge in [0.05, 0.1) is 0 Å². The van der Waals surface area contributed by atoms with Gasteiger partial charge in [-0.25, -0.2) is 9.59 Å². The van der Waals surface area contributed by atoms with E-state index in [4.69, 9.17) is 32.7 Å². The Labute approximate surface area is 387 Å². The molecule has 1 heterocycles. The lowest BCUT2D eigenvalue weighted by molar-refractivity contribution is -0.107. The van der Waals surface area contributed by atoms with E-state index in [-0.39, 0.29) is 30.5 Å². The maximum Gasteiger partial charge on any atom is 0.414 e. The number of nitrogens with zero attached hydrogens (tertiary/aromatic N) is 3. The van der Waals surface area contributed by atoms with Crippen molar-refractivity contribution in [3.63, 3.8) is 0 Å². The molecule has 1 aliphatic rings. The lowest BCUT2D eigenvalue weighted by Gasteiger charge is -2.45. The third-order valence-corrected chi connectivity index (χ3v) is 10.8. The number of benzene rings is 5. The molecule has 5 aromatic rings. The second-order valence-corrected chi connectivity index (χ2v) is 18.6. The van der Waals surface area contributed by atoms with Gasteiger partial charge in [-0.15, -0.1) is 0 Å². The van der Waals surface area contributed by atoms with Gasteiger partial charge in [0, 0.05) is 59.3 Å². The van der Waals surface area contributed by atoms with Gasteiger partial charge in [0.1, 0.15) is 17.5 Å². The van der Waals surface area contributed by atoms with E-state index in [1.54, 1.807) is 53.7 Å². The standard InChI is InChI=1S/C39H49Cl2N5O5.C12H10O/c1-38(2,3)50-36(48)43-35(44-37(49)51-39(4,5)6)42-20-12-17-30-24-45(7)31(21-26-13-9-8-10-14-26)25-46(30)34(47)28-16-11-15-27(22-28)32-19-18-29(40)23-33(32)41;13-8-7-10-5-6-11-3-1-2-4-12(11)9-10/h8-11,13-16,18-19,22-23,30-31H,12,17,20-21,24-25H2,1-7H3,(H2,42,43,44,48,49);1-6,8-9H,7H2/t30?,31-;/m1./s1. The lowest BCUT2D eigenvalue weighted by atomic mass is 9.96. The Balaban J connectivity index is 0.000000502. The average molecular weight is 909 g/mol. The molecule has 6 rings (SSSR count). The number of hydrogen-bond acceptors (Lipinski definition) is 8. The molecule has 1 fully saturated rings. The van der Waals surface area contributed by atoms with Crippen LogP contribution in [-0.2, 0) is 27.1 Å². The number of piperazine rings is 1. The van der Waals surface area contributed by atoms with Crippen LogP contribution in [0.15, 0.2) is 120 Å². The average Bonchev–Trinajstić information content (AvgIpc) is 3.22. The Kier molecular flexibility index (Phi) is 17.5. The molecule has 0 saturated carbocycles. The van der Waals surface area contributed by atoms with E-state index < -0.39 is 23.4 Å². The Bertz CT molecular complexity index is 2380. The minimum atomic E-state index is -0.755. The normalized spacial score (nSPS) is 15.3. The molecule has 1 saturated heterocycles. The van der Waals surface area contributed by atoms with Crippen LogP contribution < -0.4 is 10.6 Å². The molecular weight excluding hydrogens is 849 g/mol. The van der Waals surface area contributed by atoms with Crippen molar-refractivity contribution >= 4 is 64.3 Å². The summed E-state index contributed by atoms with van der Waals surface area (Å²) in [5.74, 6) is -0.145. The highest BCUT2D eigenvalue weighted by Crippen LogP contribution is 2.32. The molecule has 1 unspecified atom stereocenters. The van der Waals surface area contributed by atoms with E-state index in [0.717, 1.165) is 29.4 Å². The highest BCUT2D eigenvalue weighted by molar-refractivity contribution is 6.36. The number of fused-ring (bicyclic) bond motifs is 1. The Morgan fingerprint density at radius 1 is 0.734 bits per heavy atom. The van der Waals surface area contributed by atoms with Crippen molar-refractivity contribution in [1.82, 2.24) is 20.4 Å². The van der Waals surface area contributed by atoms with Gasteiger partial charge in [0.15, 0.2) is 0 Å². The molecule has 338 valence electrons. The highest BCUT2D eigenvalue weighted by atomic mass is 35.5. The van der Waals surface area contributed by atoms with Crippen molar-refractivity contribution in [1.29, 1.82) is 0 Å². The van der Waals surface area contributed by atoms with Crippen LogP contribution in [0.2, 0.25) is 10.0 Å². The molecule has 3 amide bonds. The smallest absolute Gasteiger partial charge is 0.414 e. The van der Waals surface area contributed by atoms with E-state index in [0.29, 0.717) is 48.0 Å². The summed E-state index contributed by atoms with van der Waals surface area (Å²) in [5.41, 5.74) is 2.97. The first kappa shape index (κ1) is 49.3. The lowest BCUT2D eigenvalue weighted by Crippen LogP contribution is -2.59. The van der Waals surface area contributed by atoms with Crippen molar-refractivity contribution in [2.24, 2.45) is 4.99 Å². The molecule has 0 bridgehead atoms. The number of halogens is 2. The monoisotopic (exact) mass is 907 g/mol. The van der Waals surface area contributed by atoms with Crippen molar-refractivity contribution < 1.29 is 28.7 Å². The minimum Gasteiger partial charge on any atom is -0.444 e. The van der Waals surface area contributed by atoms with Gasteiger partial charge in [-0.1, -0.05) is 114 Å². The highest BCUT2D eigenvalue weighted by Gasteiger charge is 2.35. The minimum absolute atomic E-state index is 0.0690. The van der Waals surface area contributed by atoms with Crippen LogP contribution in [0, 0.1) is 0 Å². The van der Waals surface area contributed by atoms with Crippen LogP contribution in [0.3, 0.4) is 0 Å². The molecule has 5 aromatic carbocycles. The molecular formula is C51H59Cl2N5O6. The van der Waals surface area contributed by atoms with E-state index >= 15 is 0 Å². The van der Waals surface area contributed by atoms with Gasteiger partial charge in [0.2, 0.25) is 5.96 Å². The van der Waals surface area contributed by atoms with Crippen LogP contribution in [0.25, 0.3) is 21.9 Å². The largest absolute Gasteiger partial charge is 0.444 e. The van der Waals surface area contributed by atoms with Gasteiger partial charge in [-0.05, 0) is 120 Å². The molecule has 11 nitrogen and oxygen atoms in total. The number of aliphatic imine (C=N–C) groups is 1. The first-order chi connectivity index (χ1) is 30.4. The number of alkyl carbamates (subject to hydrolysis) is 2. The molecule has 64 heavy (non-hydrogen) atoms. The zero-order chi connectivity index (χ0) is 46.4. The summed E-state index contributed by atoms with van der Waals surface area (Å²) in [6, 6.07) is 37.4. The number of ether oxygens (including phenoxy) is 2. The van der Waals surface area contributed by atoms with E-state index in [1.807, 2.05) is 77.7 Å². The van der Waals surface area contributed by atoms with Gasteiger partial charge in [0.25, 0.3) is 5.91 Å². The zero-order valence-corrected chi connectivity index (χ0v) is 39.2. The third kappa shape index (κ3) is 15.5. The Morgan fingerprint density at radius 2 is 1.39 bits per heavy atom. The first-order valence-electron chi connectivity index (χ1n) is 21.4. The van der Waals surface area contributed by atoms with Crippen LogP contribution in [-0.4, -0.2) is 90.1 Å². The summed E-state index contributed by atoms with van der Waals surface area (Å²) >= 11 is 12.7. The van der Waals surface area contributed by atoms with Crippen LogP contribution in [0.4, 0.5) is 9.59 Å². The summed E-state index contributed by atoms with van der Waals surface area (Å²) < 4.78 is 10.7. The molecule has 2 atom stereocenters. The first-order valence-corrected chi connectivity index (χ1v) is 22.2. The quantitative estimate of drug-likeness (QED) is 0.0618. The SMILES string of the molecule is CN1CC(CCCN=C(NC(=O)OC(C)(C)C)NC(=O)OC(C)(C)C)N(C(=O)c2cccc(-c3ccc(Cl)cc3Cl)c2)C[C@H]1Cc1ccccc1.O=CCc1ccc2ccccc2c1. The molecule has 13 heteroatoms. The molecule has 0 aromatic heterocycles. The van der Waals surface area contributed by atoms with Crippen molar-refractivity contribution in [3.8, 4) is 11.1 Å². The van der Waals surface area contributed by atoms with Gasteiger partial charge in [-0.2, -0.15) is 0 Å².